The highest BCUT2D eigenvalue weighted by Crippen LogP contribution is 1.97. The van der Waals surface area contributed by atoms with Gasteiger partial charge in [-0.15, -0.1) is 0 Å². The number of hydrogen-bond acceptors (Lipinski definition) is 4. The zero-order chi connectivity index (χ0) is 19.6. The van der Waals surface area contributed by atoms with E-state index in [0.29, 0.717) is 51.0 Å². The van der Waals surface area contributed by atoms with Gasteiger partial charge in [-0.05, 0) is 25.5 Å². The first-order chi connectivity index (χ1) is 13.3. The van der Waals surface area contributed by atoms with Crippen molar-refractivity contribution in [3.8, 4) is 0 Å². The Morgan fingerprint density at radius 3 is 2.33 bits per heavy atom. The van der Waals surface area contributed by atoms with E-state index in [1.54, 1.807) is 12.1 Å². The van der Waals surface area contributed by atoms with E-state index in [4.69, 9.17) is 9.47 Å². The second kappa shape index (κ2) is 16.1. The maximum Gasteiger partial charge on any atom is 0.251 e. The summed E-state index contributed by atoms with van der Waals surface area (Å²) in [6, 6.07) is 9.18. The molecule has 3 N–H and O–H groups in total. The number of nitrogens with one attached hydrogen (secondary N) is 3. The van der Waals surface area contributed by atoms with E-state index in [-0.39, 0.29) is 5.91 Å². The molecule has 0 heterocycles. The van der Waals surface area contributed by atoms with E-state index in [9.17, 15) is 4.79 Å². The Morgan fingerprint density at radius 2 is 1.63 bits per heavy atom. The molecule has 0 bridgehead atoms. The van der Waals surface area contributed by atoms with Crippen LogP contribution in [0.3, 0.4) is 0 Å². The quantitative estimate of drug-likeness (QED) is 0.261. The number of guanidine groups is 1. The first kappa shape index (κ1) is 22.9. The monoisotopic (exact) mass is 378 g/mol. The Morgan fingerprint density at radius 1 is 0.926 bits per heavy atom. The Labute approximate surface area is 162 Å². The van der Waals surface area contributed by atoms with E-state index in [0.717, 1.165) is 26.0 Å². The largest absolute Gasteiger partial charge is 0.379 e. The van der Waals surface area contributed by atoms with Gasteiger partial charge in [0, 0.05) is 31.8 Å². The predicted molar refractivity (Wildman–Crippen MR) is 109 cm³/mol. The average molecular weight is 379 g/mol. The summed E-state index contributed by atoms with van der Waals surface area (Å²) >= 11 is 0. The van der Waals surface area contributed by atoms with Gasteiger partial charge in [0.2, 0.25) is 0 Å². The van der Waals surface area contributed by atoms with Gasteiger partial charge >= 0.3 is 0 Å². The normalized spacial score (nSPS) is 11.3. The summed E-state index contributed by atoms with van der Waals surface area (Å²) < 4.78 is 10.9. The van der Waals surface area contributed by atoms with Crippen molar-refractivity contribution < 1.29 is 14.3 Å². The van der Waals surface area contributed by atoms with Crippen LogP contribution in [-0.4, -0.2) is 64.5 Å². The molecule has 1 amide bonds. The molecule has 0 aliphatic carbocycles. The van der Waals surface area contributed by atoms with E-state index in [2.05, 4.69) is 27.9 Å². The lowest BCUT2D eigenvalue weighted by Gasteiger charge is -2.12. The zero-order valence-corrected chi connectivity index (χ0v) is 16.6. The molecule has 0 radical (unpaired) electrons. The number of aliphatic imine (C=N–C) groups is 1. The van der Waals surface area contributed by atoms with Crippen LogP contribution in [0.4, 0.5) is 0 Å². The van der Waals surface area contributed by atoms with Crippen molar-refractivity contribution in [1.82, 2.24) is 16.0 Å². The van der Waals surface area contributed by atoms with Gasteiger partial charge in [-0.2, -0.15) is 0 Å². The highest BCUT2D eigenvalue weighted by atomic mass is 16.5. The molecule has 0 saturated carbocycles. The van der Waals surface area contributed by atoms with Gasteiger partial charge < -0.3 is 25.4 Å². The fraction of sp³-hybridized carbons (Fsp3) is 0.600. The Bertz CT molecular complexity index is 523. The number of ether oxygens (including phenoxy) is 2. The van der Waals surface area contributed by atoms with Crippen LogP contribution in [0.1, 0.15) is 37.0 Å². The molecule has 152 valence electrons. The summed E-state index contributed by atoms with van der Waals surface area (Å²) in [5, 5.41) is 9.25. The third-order valence-corrected chi connectivity index (χ3v) is 3.60. The SMILES string of the molecule is CCCCOCCOCCN=C(NCC)NCCNC(=O)c1ccccc1. The Balaban J connectivity index is 2.13. The van der Waals surface area contributed by atoms with Gasteiger partial charge in [0.05, 0.1) is 26.4 Å². The summed E-state index contributed by atoms with van der Waals surface area (Å²) in [5.41, 5.74) is 0.661. The third-order valence-electron chi connectivity index (χ3n) is 3.60. The molecule has 0 atom stereocenters. The standard InChI is InChI=1S/C20H34N4O3/c1-3-5-14-26-16-17-27-15-13-24-20(21-4-2)23-12-11-22-19(25)18-9-7-6-8-10-18/h6-10H,3-5,11-17H2,1-2H3,(H,22,25)(H2,21,23,24). The fourth-order valence-corrected chi connectivity index (χ4v) is 2.18. The lowest BCUT2D eigenvalue weighted by Crippen LogP contribution is -2.41. The molecule has 0 aliphatic heterocycles. The smallest absolute Gasteiger partial charge is 0.251 e. The van der Waals surface area contributed by atoms with Crippen LogP contribution in [0, 0.1) is 0 Å². The summed E-state index contributed by atoms with van der Waals surface area (Å²) in [6.07, 6.45) is 2.24. The second-order valence-corrected chi connectivity index (χ2v) is 5.89. The minimum absolute atomic E-state index is 0.0751. The van der Waals surface area contributed by atoms with Gasteiger partial charge in [-0.25, -0.2) is 0 Å². The molecule has 0 unspecified atom stereocenters. The van der Waals surface area contributed by atoms with Crippen molar-refractivity contribution in [3.05, 3.63) is 35.9 Å². The van der Waals surface area contributed by atoms with E-state index in [1.807, 2.05) is 25.1 Å². The maximum absolute atomic E-state index is 12.0. The van der Waals surface area contributed by atoms with E-state index in [1.165, 1.54) is 0 Å². The minimum atomic E-state index is -0.0751. The summed E-state index contributed by atoms with van der Waals surface area (Å²) in [7, 11) is 0. The molecule has 0 saturated heterocycles. The lowest BCUT2D eigenvalue weighted by atomic mass is 10.2. The predicted octanol–water partition coefficient (Wildman–Crippen LogP) is 1.80. The molecule has 0 aliphatic rings. The Kier molecular flexibility index (Phi) is 13.7. The fourth-order valence-electron chi connectivity index (χ4n) is 2.18. The van der Waals surface area contributed by atoms with Crippen molar-refractivity contribution in [3.63, 3.8) is 0 Å². The summed E-state index contributed by atoms with van der Waals surface area (Å²) in [5.74, 6) is 0.642. The zero-order valence-electron chi connectivity index (χ0n) is 16.6. The summed E-state index contributed by atoms with van der Waals surface area (Å²) in [4.78, 5) is 16.4. The van der Waals surface area contributed by atoms with Crippen molar-refractivity contribution in [1.29, 1.82) is 0 Å². The molecule has 0 aromatic heterocycles. The molecular weight excluding hydrogens is 344 g/mol. The van der Waals surface area contributed by atoms with Gasteiger partial charge in [-0.1, -0.05) is 31.5 Å². The van der Waals surface area contributed by atoms with Gasteiger partial charge in [0.1, 0.15) is 0 Å². The lowest BCUT2D eigenvalue weighted by molar-refractivity contribution is 0.0497. The highest BCUT2D eigenvalue weighted by Gasteiger charge is 2.03. The molecule has 0 spiro atoms. The topological polar surface area (TPSA) is 84.0 Å². The van der Waals surface area contributed by atoms with Crippen LogP contribution in [0.25, 0.3) is 0 Å². The number of rotatable bonds is 14. The number of unbranched alkanes of at least 4 members (excludes halogenated alkanes) is 1. The minimum Gasteiger partial charge on any atom is -0.379 e. The van der Waals surface area contributed by atoms with Crippen LogP contribution in [0.2, 0.25) is 0 Å². The van der Waals surface area contributed by atoms with Gasteiger partial charge in [-0.3, -0.25) is 9.79 Å². The van der Waals surface area contributed by atoms with Crippen LogP contribution < -0.4 is 16.0 Å². The number of carbonyl (C=O) groups is 1. The van der Waals surface area contributed by atoms with Crippen LogP contribution in [0.5, 0.6) is 0 Å². The molecule has 0 fully saturated rings. The number of nitrogens with zero attached hydrogens (tertiary/aromatic N) is 1. The molecule has 1 aromatic rings. The number of benzene rings is 1. The van der Waals surface area contributed by atoms with Crippen molar-refractivity contribution in [2.24, 2.45) is 4.99 Å². The van der Waals surface area contributed by atoms with Crippen LogP contribution in [-0.2, 0) is 9.47 Å². The maximum atomic E-state index is 12.0. The average Bonchev–Trinajstić information content (AvgIpc) is 2.70. The molecule has 27 heavy (non-hydrogen) atoms. The number of carbonyl (C=O) groups excluding carboxylic acids is 1. The molecule has 7 nitrogen and oxygen atoms in total. The molecular formula is C20H34N4O3. The highest BCUT2D eigenvalue weighted by molar-refractivity contribution is 5.94. The van der Waals surface area contributed by atoms with E-state index < -0.39 is 0 Å². The van der Waals surface area contributed by atoms with Crippen molar-refractivity contribution in [2.75, 3.05) is 52.6 Å². The van der Waals surface area contributed by atoms with E-state index >= 15 is 0 Å². The third kappa shape index (κ3) is 12.0. The Hall–Kier alpha value is -2.12. The van der Waals surface area contributed by atoms with Gasteiger partial charge in [0.15, 0.2) is 5.96 Å². The summed E-state index contributed by atoms with van der Waals surface area (Å²) in [6.45, 7) is 9.18. The van der Waals surface area contributed by atoms with Gasteiger partial charge in [0.25, 0.3) is 5.91 Å². The number of amides is 1. The van der Waals surface area contributed by atoms with Crippen molar-refractivity contribution in [2.45, 2.75) is 26.7 Å². The molecule has 7 heteroatoms. The van der Waals surface area contributed by atoms with Crippen LogP contribution >= 0.6 is 0 Å². The first-order valence-electron chi connectivity index (χ1n) is 9.78. The van der Waals surface area contributed by atoms with Crippen molar-refractivity contribution >= 4 is 11.9 Å². The molecule has 1 rings (SSSR count). The first-order valence-corrected chi connectivity index (χ1v) is 9.78. The number of hydrogen-bond donors (Lipinski definition) is 3. The molecule has 1 aromatic carbocycles. The van der Waals surface area contributed by atoms with Crippen LogP contribution in [0.15, 0.2) is 35.3 Å². The second-order valence-electron chi connectivity index (χ2n) is 5.89.